The van der Waals surface area contributed by atoms with Gasteiger partial charge in [-0.3, -0.25) is 0 Å². The molecule has 0 spiro atoms. The second-order valence-corrected chi connectivity index (χ2v) is 5.57. The van der Waals surface area contributed by atoms with Gasteiger partial charge in [0.25, 0.3) is 0 Å². The molecule has 1 rings (SSSR count). The number of piperidine rings is 1. The standard InChI is InChI=1S/C15H29N/c1-5-6-7-8-15-9-11-16(12-10-15)14(4)13(2)3/h13,15H,4-12H2,1-3H3. The number of hydrogen-bond donors (Lipinski definition) is 0. The molecular formula is C15H29N. The van der Waals surface area contributed by atoms with E-state index in [2.05, 4.69) is 32.3 Å². The van der Waals surface area contributed by atoms with Crippen molar-refractivity contribution in [2.45, 2.75) is 59.3 Å². The van der Waals surface area contributed by atoms with Gasteiger partial charge >= 0.3 is 0 Å². The first-order chi connectivity index (χ1) is 7.65. The van der Waals surface area contributed by atoms with Gasteiger partial charge in [0.15, 0.2) is 0 Å². The highest BCUT2D eigenvalue weighted by molar-refractivity contribution is 4.98. The number of allylic oxidation sites excluding steroid dienone is 1. The van der Waals surface area contributed by atoms with Gasteiger partial charge in [-0.2, -0.15) is 0 Å². The van der Waals surface area contributed by atoms with Crippen LogP contribution in [-0.2, 0) is 0 Å². The zero-order valence-corrected chi connectivity index (χ0v) is 11.5. The Labute approximate surface area is 102 Å². The molecular weight excluding hydrogens is 194 g/mol. The summed E-state index contributed by atoms with van der Waals surface area (Å²) in [5.41, 5.74) is 1.34. The van der Waals surface area contributed by atoms with Crippen molar-refractivity contribution in [2.24, 2.45) is 11.8 Å². The molecule has 0 aromatic rings. The molecule has 0 radical (unpaired) electrons. The second kappa shape index (κ2) is 6.98. The Hall–Kier alpha value is -0.460. The predicted molar refractivity (Wildman–Crippen MR) is 72.4 cm³/mol. The molecule has 0 atom stereocenters. The van der Waals surface area contributed by atoms with Gasteiger partial charge in [-0.25, -0.2) is 0 Å². The summed E-state index contributed by atoms with van der Waals surface area (Å²) in [7, 11) is 0. The second-order valence-electron chi connectivity index (χ2n) is 5.57. The fourth-order valence-corrected chi connectivity index (χ4v) is 2.56. The molecule has 0 aromatic carbocycles. The molecule has 0 aliphatic carbocycles. The number of unbranched alkanes of at least 4 members (excludes halogenated alkanes) is 2. The molecule has 1 nitrogen and oxygen atoms in total. The molecule has 0 unspecified atom stereocenters. The summed E-state index contributed by atoms with van der Waals surface area (Å²) >= 11 is 0. The fourth-order valence-electron chi connectivity index (χ4n) is 2.56. The fraction of sp³-hybridized carbons (Fsp3) is 0.867. The summed E-state index contributed by atoms with van der Waals surface area (Å²) in [6.45, 7) is 13.5. The SMILES string of the molecule is C=C(C(C)C)N1CCC(CCCCC)CC1. The first-order valence-corrected chi connectivity index (χ1v) is 7.08. The van der Waals surface area contributed by atoms with Crippen molar-refractivity contribution < 1.29 is 0 Å². The van der Waals surface area contributed by atoms with Crippen molar-refractivity contribution in [3.8, 4) is 0 Å². The molecule has 0 aromatic heterocycles. The molecule has 0 bridgehead atoms. The molecule has 0 N–H and O–H groups in total. The lowest BCUT2D eigenvalue weighted by Crippen LogP contribution is -2.34. The Morgan fingerprint density at radius 1 is 1.25 bits per heavy atom. The van der Waals surface area contributed by atoms with Crippen molar-refractivity contribution >= 4 is 0 Å². The van der Waals surface area contributed by atoms with Crippen molar-refractivity contribution in [1.29, 1.82) is 0 Å². The smallest absolute Gasteiger partial charge is 0.0177 e. The molecule has 1 heterocycles. The molecule has 0 saturated carbocycles. The maximum absolute atomic E-state index is 4.20. The van der Waals surface area contributed by atoms with Gasteiger partial charge in [0.2, 0.25) is 0 Å². The van der Waals surface area contributed by atoms with Crippen LogP contribution in [0.15, 0.2) is 12.3 Å². The third kappa shape index (κ3) is 4.19. The van der Waals surface area contributed by atoms with Crippen LogP contribution >= 0.6 is 0 Å². The molecule has 94 valence electrons. The van der Waals surface area contributed by atoms with Gasteiger partial charge in [0.05, 0.1) is 0 Å². The normalized spacial score (nSPS) is 18.1. The van der Waals surface area contributed by atoms with Gasteiger partial charge in [0.1, 0.15) is 0 Å². The maximum atomic E-state index is 4.20. The highest BCUT2D eigenvalue weighted by atomic mass is 15.1. The van der Waals surface area contributed by atoms with Crippen LogP contribution in [-0.4, -0.2) is 18.0 Å². The van der Waals surface area contributed by atoms with E-state index in [0.29, 0.717) is 5.92 Å². The highest BCUT2D eigenvalue weighted by Crippen LogP contribution is 2.26. The van der Waals surface area contributed by atoms with E-state index in [1.807, 2.05) is 0 Å². The lowest BCUT2D eigenvalue weighted by atomic mass is 9.90. The monoisotopic (exact) mass is 223 g/mol. The largest absolute Gasteiger partial charge is 0.375 e. The minimum absolute atomic E-state index is 0.608. The van der Waals surface area contributed by atoms with Crippen LogP contribution in [0.5, 0.6) is 0 Å². The predicted octanol–water partition coefficient (Wildman–Crippen LogP) is 4.45. The van der Waals surface area contributed by atoms with E-state index in [0.717, 1.165) is 5.92 Å². The molecule has 1 fully saturated rings. The third-order valence-corrected chi connectivity index (χ3v) is 3.90. The lowest BCUT2D eigenvalue weighted by molar-refractivity contribution is 0.203. The van der Waals surface area contributed by atoms with Crippen molar-refractivity contribution in [3.05, 3.63) is 12.3 Å². The van der Waals surface area contributed by atoms with Gasteiger partial charge in [0, 0.05) is 18.8 Å². The average Bonchev–Trinajstić information content (AvgIpc) is 2.29. The van der Waals surface area contributed by atoms with E-state index >= 15 is 0 Å². The Morgan fingerprint density at radius 3 is 2.38 bits per heavy atom. The summed E-state index contributed by atoms with van der Waals surface area (Å²) in [5.74, 6) is 1.60. The Morgan fingerprint density at radius 2 is 1.88 bits per heavy atom. The van der Waals surface area contributed by atoms with Crippen LogP contribution in [0.4, 0.5) is 0 Å². The van der Waals surface area contributed by atoms with Gasteiger partial charge in [-0.1, -0.05) is 53.0 Å². The summed E-state index contributed by atoms with van der Waals surface area (Å²) < 4.78 is 0. The van der Waals surface area contributed by atoms with Crippen molar-refractivity contribution in [1.82, 2.24) is 4.90 Å². The van der Waals surface area contributed by atoms with Crippen LogP contribution in [0, 0.1) is 11.8 Å². The molecule has 16 heavy (non-hydrogen) atoms. The number of nitrogens with zero attached hydrogens (tertiary/aromatic N) is 1. The summed E-state index contributed by atoms with van der Waals surface area (Å²) in [4.78, 5) is 2.50. The van der Waals surface area contributed by atoms with Gasteiger partial charge < -0.3 is 4.90 Å². The zero-order chi connectivity index (χ0) is 12.0. The van der Waals surface area contributed by atoms with E-state index < -0.39 is 0 Å². The highest BCUT2D eigenvalue weighted by Gasteiger charge is 2.20. The van der Waals surface area contributed by atoms with E-state index in [1.165, 1.54) is 57.3 Å². The third-order valence-electron chi connectivity index (χ3n) is 3.90. The Bertz CT molecular complexity index is 199. The van der Waals surface area contributed by atoms with Crippen LogP contribution in [0.2, 0.25) is 0 Å². The van der Waals surface area contributed by atoms with E-state index in [-0.39, 0.29) is 0 Å². The topological polar surface area (TPSA) is 3.24 Å². The number of hydrogen-bond acceptors (Lipinski definition) is 1. The average molecular weight is 223 g/mol. The first-order valence-electron chi connectivity index (χ1n) is 7.08. The van der Waals surface area contributed by atoms with Crippen LogP contribution in [0.25, 0.3) is 0 Å². The van der Waals surface area contributed by atoms with Crippen molar-refractivity contribution in [3.63, 3.8) is 0 Å². The molecule has 0 amide bonds. The molecule has 1 heteroatoms. The minimum Gasteiger partial charge on any atom is -0.375 e. The summed E-state index contributed by atoms with van der Waals surface area (Å²) in [6.07, 6.45) is 8.43. The summed E-state index contributed by atoms with van der Waals surface area (Å²) in [6, 6.07) is 0. The zero-order valence-electron chi connectivity index (χ0n) is 11.5. The van der Waals surface area contributed by atoms with Crippen LogP contribution < -0.4 is 0 Å². The van der Waals surface area contributed by atoms with Crippen LogP contribution in [0.1, 0.15) is 59.3 Å². The maximum Gasteiger partial charge on any atom is 0.0177 e. The number of likely N-dealkylation sites (tertiary alicyclic amines) is 1. The van der Waals surface area contributed by atoms with Gasteiger partial charge in [-0.15, -0.1) is 0 Å². The molecule has 1 saturated heterocycles. The minimum atomic E-state index is 0.608. The van der Waals surface area contributed by atoms with E-state index in [4.69, 9.17) is 0 Å². The van der Waals surface area contributed by atoms with E-state index in [9.17, 15) is 0 Å². The summed E-state index contributed by atoms with van der Waals surface area (Å²) in [5, 5.41) is 0. The first kappa shape index (κ1) is 13.6. The Balaban J connectivity index is 2.20. The van der Waals surface area contributed by atoms with Gasteiger partial charge in [-0.05, 0) is 24.7 Å². The molecule has 1 aliphatic heterocycles. The van der Waals surface area contributed by atoms with Crippen molar-refractivity contribution in [2.75, 3.05) is 13.1 Å². The van der Waals surface area contributed by atoms with Crippen LogP contribution in [0.3, 0.4) is 0 Å². The number of rotatable bonds is 6. The Kier molecular flexibility index (Phi) is 5.94. The van der Waals surface area contributed by atoms with E-state index in [1.54, 1.807) is 0 Å². The quantitative estimate of drug-likeness (QED) is 0.601. The molecule has 1 aliphatic rings. The lowest BCUT2D eigenvalue weighted by Gasteiger charge is -2.36.